The number of benzene rings is 2. The first-order valence-corrected chi connectivity index (χ1v) is 10.8. The fraction of sp³-hybridized carbons (Fsp3) is 0.458. The lowest BCUT2D eigenvalue weighted by molar-refractivity contribution is 0.134. The number of urea groups is 1. The molecule has 0 saturated carbocycles. The lowest BCUT2D eigenvalue weighted by Gasteiger charge is -2.36. The van der Waals surface area contributed by atoms with Crippen LogP contribution in [-0.2, 0) is 13.2 Å². The van der Waals surface area contributed by atoms with Crippen LogP contribution in [0.15, 0.2) is 54.6 Å². The van der Waals surface area contributed by atoms with E-state index in [1.165, 1.54) is 25.9 Å². The zero-order valence-electron chi connectivity index (χ0n) is 17.1. The van der Waals surface area contributed by atoms with Crippen molar-refractivity contribution in [2.75, 3.05) is 26.2 Å². The Morgan fingerprint density at radius 1 is 0.931 bits per heavy atom. The Balaban J connectivity index is 1.22. The second-order valence-corrected chi connectivity index (χ2v) is 8.04. The van der Waals surface area contributed by atoms with Gasteiger partial charge in [0.2, 0.25) is 0 Å². The number of rotatable bonds is 6. The van der Waals surface area contributed by atoms with Crippen molar-refractivity contribution in [3.05, 3.63) is 65.7 Å². The van der Waals surface area contributed by atoms with Crippen molar-refractivity contribution in [3.63, 3.8) is 0 Å². The van der Waals surface area contributed by atoms with Crippen molar-refractivity contribution >= 4 is 6.03 Å². The number of nitrogens with zero attached hydrogens (tertiary/aromatic N) is 2. The molecular formula is C24H31N3O2. The van der Waals surface area contributed by atoms with E-state index in [0.717, 1.165) is 42.8 Å². The number of amides is 2. The second kappa shape index (κ2) is 9.79. The summed E-state index contributed by atoms with van der Waals surface area (Å²) in [4.78, 5) is 17.1. The molecule has 0 unspecified atom stereocenters. The molecule has 5 heteroatoms. The first-order chi connectivity index (χ1) is 14.3. The van der Waals surface area contributed by atoms with Gasteiger partial charge in [-0.3, -0.25) is 0 Å². The maximum absolute atomic E-state index is 12.6. The van der Waals surface area contributed by atoms with E-state index in [0.29, 0.717) is 19.2 Å². The van der Waals surface area contributed by atoms with Crippen LogP contribution in [0.1, 0.15) is 36.8 Å². The summed E-state index contributed by atoms with van der Waals surface area (Å²) in [5.41, 5.74) is 2.20. The number of nitrogens with one attached hydrogen (secondary N) is 1. The van der Waals surface area contributed by atoms with Crippen LogP contribution in [0.5, 0.6) is 5.75 Å². The van der Waals surface area contributed by atoms with Crippen LogP contribution in [0.2, 0.25) is 0 Å². The highest BCUT2D eigenvalue weighted by Gasteiger charge is 2.28. The van der Waals surface area contributed by atoms with Gasteiger partial charge in [-0.2, -0.15) is 0 Å². The molecule has 29 heavy (non-hydrogen) atoms. The van der Waals surface area contributed by atoms with Crippen molar-refractivity contribution in [3.8, 4) is 5.75 Å². The van der Waals surface area contributed by atoms with E-state index in [9.17, 15) is 4.79 Å². The molecule has 0 radical (unpaired) electrons. The van der Waals surface area contributed by atoms with E-state index in [1.807, 2.05) is 47.4 Å². The van der Waals surface area contributed by atoms with Gasteiger partial charge in [-0.1, -0.05) is 42.5 Å². The summed E-state index contributed by atoms with van der Waals surface area (Å²) in [6.07, 6.45) is 4.85. The molecule has 2 aliphatic rings. The molecular weight excluding hydrogens is 362 g/mol. The van der Waals surface area contributed by atoms with Crippen molar-refractivity contribution < 1.29 is 9.53 Å². The standard InChI is InChI=1S/C24H31N3O2/c28-24(27-15-11-22(12-16-27)26-13-4-5-14-26)25-18-20-7-6-8-21(17-20)19-29-23-9-2-1-3-10-23/h1-3,6-10,17,22H,4-5,11-16,18-19H2,(H,25,28). The maximum atomic E-state index is 12.6. The topological polar surface area (TPSA) is 44.8 Å². The summed E-state index contributed by atoms with van der Waals surface area (Å²) >= 11 is 0. The Hall–Kier alpha value is -2.53. The fourth-order valence-corrected chi connectivity index (χ4v) is 4.34. The molecule has 0 atom stereocenters. The quantitative estimate of drug-likeness (QED) is 0.806. The molecule has 2 aromatic carbocycles. The number of carbonyl (C=O) groups excluding carboxylic acids is 1. The van der Waals surface area contributed by atoms with Crippen LogP contribution in [0.4, 0.5) is 4.79 Å². The van der Waals surface area contributed by atoms with E-state index >= 15 is 0 Å². The van der Waals surface area contributed by atoms with E-state index in [1.54, 1.807) is 0 Å². The summed E-state index contributed by atoms with van der Waals surface area (Å²) in [7, 11) is 0. The van der Waals surface area contributed by atoms with Gasteiger partial charge in [0.15, 0.2) is 0 Å². The van der Waals surface area contributed by atoms with E-state index in [4.69, 9.17) is 4.74 Å². The summed E-state index contributed by atoms with van der Waals surface area (Å²) < 4.78 is 5.82. The van der Waals surface area contributed by atoms with Crippen LogP contribution in [0, 0.1) is 0 Å². The van der Waals surface area contributed by atoms with Crippen LogP contribution in [0.25, 0.3) is 0 Å². The van der Waals surface area contributed by atoms with Gasteiger partial charge in [0.1, 0.15) is 12.4 Å². The van der Waals surface area contributed by atoms with Gasteiger partial charge in [0.25, 0.3) is 0 Å². The van der Waals surface area contributed by atoms with Gasteiger partial charge >= 0.3 is 6.03 Å². The first-order valence-electron chi connectivity index (χ1n) is 10.8. The molecule has 154 valence electrons. The molecule has 2 saturated heterocycles. The third-order valence-electron chi connectivity index (χ3n) is 5.99. The molecule has 2 aliphatic heterocycles. The fourth-order valence-electron chi connectivity index (χ4n) is 4.34. The summed E-state index contributed by atoms with van der Waals surface area (Å²) in [6.45, 7) is 5.26. The predicted molar refractivity (Wildman–Crippen MR) is 115 cm³/mol. The third kappa shape index (κ3) is 5.51. The van der Waals surface area contributed by atoms with E-state index in [2.05, 4.69) is 22.3 Å². The molecule has 1 N–H and O–H groups in total. The number of likely N-dealkylation sites (tertiary alicyclic amines) is 2. The van der Waals surface area contributed by atoms with Gasteiger partial charge in [-0.25, -0.2) is 4.79 Å². The Morgan fingerprint density at radius 3 is 2.41 bits per heavy atom. The molecule has 0 aliphatic carbocycles. The number of piperidine rings is 1. The van der Waals surface area contributed by atoms with Crippen LogP contribution >= 0.6 is 0 Å². The highest BCUT2D eigenvalue weighted by Crippen LogP contribution is 2.21. The van der Waals surface area contributed by atoms with Gasteiger partial charge in [-0.15, -0.1) is 0 Å². The average Bonchev–Trinajstić information content (AvgIpc) is 3.32. The Kier molecular flexibility index (Phi) is 6.67. The number of carbonyl (C=O) groups is 1. The second-order valence-electron chi connectivity index (χ2n) is 8.04. The van der Waals surface area contributed by atoms with Crippen LogP contribution < -0.4 is 10.1 Å². The largest absolute Gasteiger partial charge is 0.489 e. The molecule has 2 fully saturated rings. The van der Waals surface area contributed by atoms with Crippen molar-refractivity contribution in [1.82, 2.24) is 15.1 Å². The minimum atomic E-state index is 0.0517. The Labute approximate surface area is 173 Å². The molecule has 0 bridgehead atoms. The normalized spacial score (nSPS) is 18.0. The van der Waals surface area contributed by atoms with Crippen LogP contribution in [-0.4, -0.2) is 48.1 Å². The maximum Gasteiger partial charge on any atom is 0.317 e. The summed E-state index contributed by atoms with van der Waals surface area (Å²) in [5.74, 6) is 0.864. The zero-order valence-corrected chi connectivity index (χ0v) is 17.1. The van der Waals surface area contributed by atoms with E-state index in [-0.39, 0.29) is 6.03 Å². The van der Waals surface area contributed by atoms with Crippen molar-refractivity contribution in [2.24, 2.45) is 0 Å². The predicted octanol–water partition coefficient (Wildman–Crippen LogP) is 4.04. The highest BCUT2D eigenvalue weighted by molar-refractivity contribution is 5.74. The molecule has 2 aromatic rings. The summed E-state index contributed by atoms with van der Waals surface area (Å²) in [6, 6.07) is 18.8. The lowest BCUT2D eigenvalue weighted by Crippen LogP contribution is -2.48. The number of para-hydroxylation sites is 1. The summed E-state index contributed by atoms with van der Waals surface area (Å²) in [5, 5.41) is 3.09. The molecule has 5 nitrogen and oxygen atoms in total. The van der Waals surface area contributed by atoms with Gasteiger partial charge < -0.3 is 19.9 Å². The lowest BCUT2D eigenvalue weighted by atomic mass is 10.0. The van der Waals surface area contributed by atoms with Crippen LogP contribution in [0.3, 0.4) is 0 Å². The van der Waals surface area contributed by atoms with Gasteiger partial charge in [-0.05, 0) is 62.0 Å². The Bertz CT molecular complexity index is 782. The average molecular weight is 394 g/mol. The molecule has 0 aromatic heterocycles. The molecule has 2 heterocycles. The Morgan fingerprint density at radius 2 is 1.66 bits per heavy atom. The smallest absolute Gasteiger partial charge is 0.317 e. The van der Waals surface area contributed by atoms with Gasteiger partial charge in [0.05, 0.1) is 0 Å². The third-order valence-corrected chi connectivity index (χ3v) is 5.99. The zero-order chi connectivity index (χ0) is 19.9. The first kappa shape index (κ1) is 19.8. The molecule has 2 amide bonds. The van der Waals surface area contributed by atoms with Crippen molar-refractivity contribution in [2.45, 2.75) is 44.9 Å². The number of hydrogen-bond donors (Lipinski definition) is 1. The monoisotopic (exact) mass is 393 g/mol. The highest BCUT2D eigenvalue weighted by atomic mass is 16.5. The minimum absolute atomic E-state index is 0.0517. The number of ether oxygens (including phenoxy) is 1. The van der Waals surface area contributed by atoms with Crippen molar-refractivity contribution in [1.29, 1.82) is 0 Å². The van der Waals surface area contributed by atoms with E-state index < -0.39 is 0 Å². The SMILES string of the molecule is O=C(NCc1cccc(COc2ccccc2)c1)N1CCC(N2CCCC2)CC1. The minimum Gasteiger partial charge on any atom is -0.489 e. The molecule has 0 spiro atoms. The number of hydrogen-bond acceptors (Lipinski definition) is 3. The molecule has 4 rings (SSSR count). The van der Waals surface area contributed by atoms with Gasteiger partial charge in [0, 0.05) is 25.7 Å².